The van der Waals surface area contributed by atoms with Gasteiger partial charge >= 0.3 is 5.97 Å². The molecule has 0 unspecified atom stereocenters. The highest BCUT2D eigenvalue weighted by atomic mass is 35.5. The molecule has 1 aliphatic rings. The summed E-state index contributed by atoms with van der Waals surface area (Å²) < 4.78 is 0. The van der Waals surface area contributed by atoms with Crippen molar-refractivity contribution in [2.45, 2.75) is 25.3 Å². The molecule has 0 atom stereocenters. The van der Waals surface area contributed by atoms with Crippen LogP contribution in [-0.2, 0) is 11.3 Å². The Labute approximate surface area is 273 Å². The van der Waals surface area contributed by atoms with Crippen LogP contribution >= 0.6 is 11.6 Å². The lowest BCUT2D eigenvalue weighted by molar-refractivity contribution is -0.605. The summed E-state index contributed by atoms with van der Waals surface area (Å²) in [7, 11) is 1.66. The molecule has 0 aromatic heterocycles. The fraction of sp³-hybridized carbons (Fsp3) is 0.189. The van der Waals surface area contributed by atoms with Crippen LogP contribution in [-0.4, -0.2) is 53.6 Å². The maximum absolute atomic E-state index is 13.8. The molecule has 5 rings (SSSR count). The van der Waals surface area contributed by atoms with Gasteiger partial charge in [0.1, 0.15) is 18.3 Å². The second-order valence-electron chi connectivity index (χ2n) is 11.1. The third-order valence-electron chi connectivity index (χ3n) is 8.12. The fourth-order valence-corrected chi connectivity index (χ4v) is 5.84. The number of aliphatic imine (C=N–C) groups is 1. The molecule has 46 heavy (non-hydrogen) atoms. The molecule has 4 N–H and O–H groups in total. The van der Waals surface area contributed by atoms with Gasteiger partial charge in [-0.2, -0.15) is 0 Å². The number of carboxylic acids is 1. The molecule has 1 saturated heterocycles. The van der Waals surface area contributed by atoms with E-state index in [9.17, 15) is 19.5 Å². The van der Waals surface area contributed by atoms with Gasteiger partial charge in [-0.25, -0.2) is 4.79 Å². The number of nitrogens with one attached hydrogen (secondary N) is 1. The summed E-state index contributed by atoms with van der Waals surface area (Å²) in [6, 6.07) is 31.4. The number of carboxylic acid groups (broad SMARTS) is 1. The monoisotopic (exact) mass is 635 g/mol. The molecule has 4 aromatic carbocycles. The van der Waals surface area contributed by atoms with Gasteiger partial charge in [-0.3, -0.25) is 14.6 Å². The lowest BCUT2D eigenvalue weighted by atomic mass is 9.89. The second-order valence-corrected chi connectivity index (χ2v) is 11.5. The Bertz CT molecular complexity index is 1750. The van der Waals surface area contributed by atoms with Crippen molar-refractivity contribution in [2.24, 2.45) is 4.99 Å². The van der Waals surface area contributed by atoms with Crippen molar-refractivity contribution in [1.29, 1.82) is 0 Å². The lowest BCUT2D eigenvalue weighted by Crippen LogP contribution is -2.76. The molecule has 0 radical (unpaired) electrons. The third-order valence-corrected chi connectivity index (χ3v) is 8.45. The van der Waals surface area contributed by atoms with E-state index in [1.807, 2.05) is 78.1 Å². The van der Waals surface area contributed by atoms with Crippen LogP contribution in [0.3, 0.4) is 0 Å². The van der Waals surface area contributed by atoms with E-state index < -0.39 is 5.97 Å². The number of likely N-dealkylation sites (tertiary alicyclic amines) is 1. The standard InChI is InChI=1S/C37H35ClN4O4/c1-39-34(28-10-6-3-7-11-28)32(24-40-23-25-8-4-2-5-9-25)35(43)41-30-16-17-33(38)31(22-30)36(44)42-20-18-27(19-21-42)26-12-14-29(15-13-26)37(45)46/h2-17,22,24,27,40H,18-21,23H2,1H3,(H,41,43)(H,45,46)/p+1/b32-24+,39-34?. The molecule has 1 fully saturated rings. The molecule has 1 heterocycles. The van der Waals surface area contributed by atoms with Gasteiger partial charge in [0.25, 0.3) is 11.8 Å². The number of nitrogens with zero attached hydrogens (tertiary/aromatic N) is 2. The molecule has 8 nitrogen and oxygen atoms in total. The molecule has 0 aliphatic carbocycles. The van der Waals surface area contributed by atoms with E-state index in [4.69, 9.17) is 11.6 Å². The lowest BCUT2D eigenvalue weighted by Gasteiger charge is -2.32. The summed E-state index contributed by atoms with van der Waals surface area (Å²) in [6.45, 7) is 1.72. The van der Waals surface area contributed by atoms with Crippen molar-refractivity contribution in [3.8, 4) is 0 Å². The Hall–Kier alpha value is -5.05. The van der Waals surface area contributed by atoms with E-state index in [0.717, 1.165) is 29.5 Å². The van der Waals surface area contributed by atoms with Crippen LogP contribution in [0.15, 0.2) is 120 Å². The van der Waals surface area contributed by atoms with Crippen molar-refractivity contribution < 1.29 is 24.8 Å². The normalized spacial score (nSPS) is 14.2. The summed E-state index contributed by atoms with van der Waals surface area (Å²) in [5, 5.41) is 14.4. The molecule has 234 valence electrons. The van der Waals surface area contributed by atoms with Gasteiger partial charge in [0.15, 0.2) is 0 Å². The van der Waals surface area contributed by atoms with Crippen LogP contribution in [0.4, 0.5) is 5.69 Å². The first-order valence-corrected chi connectivity index (χ1v) is 15.5. The number of carbonyl (C=O) groups is 3. The van der Waals surface area contributed by atoms with Crippen LogP contribution < -0.4 is 10.6 Å². The number of rotatable bonds is 10. The van der Waals surface area contributed by atoms with Crippen molar-refractivity contribution in [3.63, 3.8) is 0 Å². The number of amides is 2. The Morgan fingerprint density at radius 2 is 1.57 bits per heavy atom. The highest BCUT2D eigenvalue weighted by molar-refractivity contribution is 6.34. The highest BCUT2D eigenvalue weighted by Gasteiger charge is 2.27. The van der Waals surface area contributed by atoms with Crippen molar-refractivity contribution >= 4 is 40.8 Å². The number of quaternary nitrogens is 1. The Morgan fingerprint density at radius 1 is 0.913 bits per heavy atom. The van der Waals surface area contributed by atoms with Gasteiger partial charge in [0, 0.05) is 37.0 Å². The first-order valence-electron chi connectivity index (χ1n) is 15.2. The van der Waals surface area contributed by atoms with E-state index >= 15 is 0 Å². The minimum atomic E-state index is -0.953. The summed E-state index contributed by atoms with van der Waals surface area (Å²) in [6.07, 6.45) is 3.29. The SMILES string of the molecule is CN=C(/C(=C\[NH2+]Cc1ccccc1)C(=O)Nc1ccc(Cl)c(C(=O)N2CCC(c3ccc(C(=O)O)cc3)CC2)c1)c1ccccc1. The number of hydrogen-bond donors (Lipinski definition) is 3. The number of nitrogens with two attached hydrogens (primary N) is 1. The molecule has 0 spiro atoms. The zero-order valence-electron chi connectivity index (χ0n) is 25.5. The van der Waals surface area contributed by atoms with Gasteiger partial charge in [0.05, 0.1) is 21.9 Å². The van der Waals surface area contributed by atoms with E-state index in [0.29, 0.717) is 47.2 Å². The highest BCUT2D eigenvalue weighted by Crippen LogP contribution is 2.30. The van der Waals surface area contributed by atoms with Crippen LogP contribution in [0, 0.1) is 0 Å². The van der Waals surface area contributed by atoms with Gasteiger partial charge in [0.2, 0.25) is 0 Å². The van der Waals surface area contributed by atoms with E-state index in [-0.39, 0.29) is 23.3 Å². The number of carbonyl (C=O) groups excluding carboxylic acids is 2. The Morgan fingerprint density at radius 3 is 2.20 bits per heavy atom. The minimum Gasteiger partial charge on any atom is -0.478 e. The zero-order chi connectivity index (χ0) is 32.5. The van der Waals surface area contributed by atoms with Crippen molar-refractivity contribution in [3.05, 3.63) is 148 Å². The predicted molar refractivity (Wildman–Crippen MR) is 180 cm³/mol. The van der Waals surface area contributed by atoms with Gasteiger partial charge < -0.3 is 20.6 Å². The van der Waals surface area contributed by atoms with Gasteiger partial charge in [-0.1, -0.05) is 84.4 Å². The Balaban J connectivity index is 1.30. The largest absolute Gasteiger partial charge is 0.478 e. The smallest absolute Gasteiger partial charge is 0.335 e. The molecular weight excluding hydrogens is 600 g/mol. The Kier molecular flexibility index (Phi) is 10.8. The van der Waals surface area contributed by atoms with Crippen molar-refractivity contribution in [2.75, 3.05) is 25.5 Å². The number of halogens is 1. The third kappa shape index (κ3) is 7.96. The molecular formula is C37H36ClN4O4+. The summed E-state index contributed by atoms with van der Waals surface area (Å²) in [5.41, 5.74) is 4.96. The number of hydrogen-bond acceptors (Lipinski definition) is 4. The van der Waals surface area contributed by atoms with E-state index in [2.05, 4.69) is 10.3 Å². The fourth-order valence-electron chi connectivity index (χ4n) is 5.64. The van der Waals surface area contributed by atoms with Crippen LogP contribution in [0.25, 0.3) is 0 Å². The zero-order valence-corrected chi connectivity index (χ0v) is 26.3. The molecule has 9 heteroatoms. The van der Waals surface area contributed by atoms with Crippen LogP contribution in [0.1, 0.15) is 56.2 Å². The first-order chi connectivity index (χ1) is 22.3. The maximum Gasteiger partial charge on any atom is 0.335 e. The molecule has 0 bridgehead atoms. The summed E-state index contributed by atoms with van der Waals surface area (Å²) in [5.74, 6) is -1.28. The molecule has 0 saturated carbocycles. The number of anilines is 1. The van der Waals surface area contributed by atoms with Crippen LogP contribution in [0.5, 0.6) is 0 Å². The number of benzene rings is 4. The summed E-state index contributed by atoms with van der Waals surface area (Å²) in [4.78, 5) is 44.8. The molecule has 2 amide bonds. The number of aromatic carboxylic acids is 1. The minimum absolute atomic E-state index is 0.201. The summed E-state index contributed by atoms with van der Waals surface area (Å²) >= 11 is 6.51. The van der Waals surface area contributed by atoms with E-state index in [1.165, 1.54) is 0 Å². The average Bonchev–Trinajstić information content (AvgIpc) is 3.09. The topological polar surface area (TPSA) is 116 Å². The first kappa shape index (κ1) is 32.3. The van der Waals surface area contributed by atoms with Crippen LogP contribution in [0.2, 0.25) is 5.02 Å². The molecule has 4 aromatic rings. The second kappa shape index (κ2) is 15.3. The van der Waals surface area contributed by atoms with E-state index in [1.54, 1.807) is 48.5 Å². The number of piperidine rings is 1. The quantitative estimate of drug-likeness (QED) is 0.152. The van der Waals surface area contributed by atoms with Gasteiger partial charge in [-0.15, -0.1) is 0 Å². The molecule has 1 aliphatic heterocycles. The van der Waals surface area contributed by atoms with Crippen molar-refractivity contribution in [1.82, 2.24) is 4.90 Å². The van der Waals surface area contributed by atoms with Gasteiger partial charge in [-0.05, 0) is 54.7 Å². The average molecular weight is 636 g/mol. The predicted octanol–water partition coefficient (Wildman–Crippen LogP) is 5.76. The maximum atomic E-state index is 13.8.